The summed E-state index contributed by atoms with van der Waals surface area (Å²) in [6.45, 7) is 10.8. The summed E-state index contributed by atoms with van der Waals surface area (Å²) < 4.78 is 11.7. The van der Waals surface area contributed by atoms with Gasteiger partial charge in [0.05, 0.1) is 12.7 Å². The molecule has 4 rings (SSSR count). The maximum absolute atomic E-state index is 12.8. The summed E-state index contributed by atoms with van der Waals surface area (Å²) in [6, 6.07) is 21.9. The van der Waals surface area contributed by atoms with E-state index in [0.717, 1.165) is 44.9 Å². The van der Waals surface area contributed by atoms with Crippen LogP contribution in [0.4, 0.5) is 0 Å². The summed E-state index contributed by atoms with van der Waals surface area (Å²) in [5.74, 6) is 0.222. The molecule has 0 heterocycles. The van der Waals surface area contributed by atoms with Gasteiger partial charge in [0.15, 0.2) is 0 Å². The molecule has 0 aromatic heterocycles. The normalized spacial score (nSPS) is 15.4. The third-order valence-electron chi connectivity index (χ3n) is 6.26. The molecule has 1 atom stereocenters. The summed E-state index contributed by atoms with van der Waals surface area (Å²) in [4.78, 5) is 12.8. The Kier molecular flexibility index (Phi) is 6.41. The summed E-state index contributed by atoms with van der Waals surface area (Å²) in [6.07, 6.45) is 0. The minimum atomic E-state index is -1.44. The fraction of sp³-hybridized carbons (Fsp3) is 0.276. The Hall–Kier alpha value is -3.31. The monoisotopic (exact) mass is 472 g/mol. The third kappa shape index (κ3) is 4.40. The zero-order valence-corrected chi connectivity index (χ0v) is 21.8. The maximum atomic E-state index is 12.8. The number of rotatable bonds is 6. The van der Waals surface area contributed by atoms with Crippen molar-refractivity contribution in [1.82, 2.24) is 0 Å². The van der Waals surface area contributed by atoms with Crippen LogP contribution in [0, 0.1) is 0 Å². The molecule has 1 unspecified atom stereocenters. The van der Waals surface area contributed by atoms with Gasteiger partial charge in [-0.1, -0.05) is 69.3 Å². The van der Waals surface area contributed by atoms with E-state index < -0.39 is 15.0 Å². The lowest BCUT2D eigenvalue weighted by molar-refractivity contribution is -0.132. The number of ether oxygens (including phenoxy) is 1. The van der Waals surface area contributed by atoms with Crippen molar-refractivity contribution >= 4 is 20.6 Å². The summed E-state index contributed by atoms with van der Waals surface area (Å²) in [7, 11) is 0.184. The van der Waals surface area contributed by atoms with Crippen molar-refractivity contribution < 1.29 is 19.1 Å². The highest BCUT2D eigenvalue weighted by molar-refractivity contribution is 6.49. The van der Waals surface area contributed by atoms with E-state index in [4.69, 9.17) is 9.16 Å². The second kappa shape index (κ2) is 9.14. The fourth-order valence-corrected chi connectivity index (χ4v) is 5.33. The number of fused-ring (bicyclic) bond motifs is 1. The Balaban J connectivity index is 2.00. The van der Waals surface area contributed by atoms with Crippen LogP contribution < -0.4 is 9.16 Å². The van der Waals surface area contributed by atoms with Gasteiger partial charge in [-0.25, -0.2) is 4.79 Å². The van der Waals surface area contributed by atoms with Crippen molar-refractivity contribution in [1.29, 1.82) is 0 Å². The molecule has 0 spiro atoms. The van der Waals surface area contributed by atoms with Crippen molar-refractivity contribution in [3.05, 3.63) is 100 Å². The minimum absolute atomic E-state index is 0.0433. The minimum Gasteiger partial charge on any atom is -0.547 e. The van der Waals surface area contributed by atoms with Crippen molar-refractivity contribution in [2.24, 2.45) is 0 Å². The number of carboxylic acid groups (broad SMARTS) is 1. The largest absolute Gasteiger partial charge is 0.547 e. The highest BCUT2D eigenvalue weighted by Crippen LogP contribution is 2.50. The molecule has 0 amide bonds. The molecule has 0 saturated heterocycles. The summed E-state index contributed by atoms with van der Waals surface area (Å²) in [5.41, 5.74) is 5.95. The molecule has 1 aliphatic carbocycles. The lowest BCUT2D eigenvalue weighted by atomic mass is 9.85. The molecule has 0 aliphatic heterocycles. The Morgan fingerprint density at radius 2 is 1.62 bits per heavy atom. The molecule has 3 aromatic carbocycles. The lowest BCUT2D eigenvalue weighted by Gasteiger charge is -2.23. The van der Waals surface area contributed by atoms with Crippen LogP contribution in [-0.2, 0) is 10.2 Å². The third-order valence-corrected chi connectivity index (χ3v) is 6.98. The van der Waals surface area contributed by atoms with E-state index in [0.29, 0.717) is 5.57 Å². The van der Waals surface area contributed by atoms with Crippen molar-refractivity contribution in [3.63, 3.8) is 0 Å². The maximum Gasteiger partial charge on any atom is 0.333 e. The van der Waals surface area contributed by atoms with Gasteiger partial charge in [-0.15, -0.1) is 0 Å². The lowest BCUT2D eigenvalue weighted by Crippen LogP contribution is -2.16. The number of aliphatic carboxylic acids is 1. The topological polar surface area (TPSA) is 55.8 Å². The fourth-order valence-electron chi connectivity index (χ4n) is 4.63. The standard InChI is InChI=1S/C29H32O4Si/c1-29(2,3)19-13-16-23(24(17-19)33-34(5)6)26-22-10-8-7-9-21(22)25(27(26)28(30)31)18-11-14-20(32-4)15-12-18/h7-17,25,34H,1-6H3,(H,30,31). The van der Waals surface area contributed by atoms with Crippen LogP contribution in [0.25, 0.3) is 5.57 Å². The van der Waals surface area contributed by atoms with Gasteiger partial charge in [0.25, 0.3) is 0 Å². The molecule has 0 fully saturated rings. The van der Waals surface area contributed by atoms with Crippen molar-refractivity contribution in [2.45, 2.75) is 45.2 Å². The predicted molar refractivity (Wildman–Crippen MR) is 140 cm³/mol. The van der Waals surface area contributed by atoms with Gasteiger partial charge >= 0.3 is 5.97 Å². The van der Waals surface area contributed by atoms with Crippen LogP contribution in [0.3, 0.4) is 0 Å². The first-order valence-electron chi connectivity index (χ1n) is 11.6. The van der Waals surface area contributed by atoms with Gasteiger partial charge in [0, 0.05) is 17.1 Å². The Bertz CT molecular complexity index is 1250. The first kappa shape index (κ1) is 23.8. The zero-order chi connectivity index (χ0) is 24.6. The van der Waals surface area contributed by atoms with Gasteiger partial charge in [-0.05, 0) is 59.0 Å². The quantitative estimate of drug-likeness (QED) is 0.423. The van der Waals surface area contributed by atoms with Crippen molar-refractivity contribution in [3.8, 4) is 11.5 Å². The SMILES string of the molecule is COc1ccc(C2C(C(=O)O)=C(c3ccc(C(C)(C)C)cc3O[SiH](C)C)c3ccccc32)cc1. The van der Waals surface area contributed by atoms with Crippen LogP contribution >= 0.6 is 0 Å². The van der Waals surface area contributed by atoms with E-state index in [2.05, 4.69) is 46.0 Å². The highest BCUT2D eigenvalue weighted by atomic mass is 28.3. The molecule has 34 heavy (non-hydrogen) atoms. The van der Waals surface area contributed by atoms with Gasteiger partial charge in [0.2, 0.25) is 9.04 Å². The number of carboxylic acids is 1. The molecule has 0 radical (unpaired) electrons. The van der Waals surface area contributed by atoms with Crippen LogP contribution in [0.1, 0.15) is 54.5 Å². The Labute approximate surface area is 203 Å². The van der Waals surface area contributed by atoms with Gasteiger partial charge < -0.3 is 14.3 Å². The molecule has 0 bridgehead atoms. The number of carbonyl (C=O) groups is 1. The average molecular weight is 473 g/mol. The molecular weight excluding hydrogens is 440 g/mol. The van der Waals surface area contributed by atoms with E-state index in [1.807, 2.05) is 54.6 Å². The molecule has 4 nitrogen and oxygen atoms in total. The van der Waals surface area contributed by atoms with E-state index in [1.54, 1.807) is 7.11 Å². The second-order valence-corrected chi connectivity index (χ2v) is 12.3. The van der Waals surface area contributed by atoms with Gasteiger partial charge in [0.1, 0.15) is 11.5 Å². The molecule has 176 valence electrons. The molecule has 5 heteroatoms. The van der Waals surface area contributed by atoms with E-state index in [1.165, 1.54) is 0 Å². The summed E-state index contributed by atoms with van der Waals surface area (Å²) >= 11 is 0. The van der Waals surface area contributed by atoms with E-state index >= 15 is 0 Å². The summed E-state index contributed by atoms with van der Waals surface area (Å²) in [5, 5.41) is 10.5. The first-order chi connectivity index (χ1) is 16.1. The Morgan fingerprint density at radius 1 is 0.941 bits per heavy atom. The second-order valence-electron chi connectivity index (χ2n) is 10.0. The predicted octanol–water partition coefficient (Wildman–Crippen LogP) is 6.39. The smallest absolute Gasteiger partial charge is 0.333 e. The Morgan fingerprint density at radius 3 is 2.21 bits per heavy atom. The van der Waals surface area contributed by atoms with Crippen LogP contribution in [0.5, 0.6) is 11.5 Å². The number of methoxy groups -OCH3 is 1. The number of hydrogen-bond donors (Lipinski definition) is 1. The van der Waals surface area contributed by atoms with Crippen LogP contribution in [-0.4, -0.2) is 27.2 Å². The van der Waals surface area contributed by atoms with Crippen LogP contribution in [0.2, 0.25) is 13.1 Å². The molecule has 0 saturated carbocycles. The average Bonchev–Trinajstić information content (AvgIpc) is 3.13. The molecule has 1 aliphatic rings. The zero-order valence-electron chi connectivity index (χ0n) is 20.7. The van der Waals surface area contributed by atoms with Gasteiger partial charge in [-0.2, -0.15) is 0 Å². The number of benzene rings is 3. The van der Waals surface area contributed by atoms with Crippen LogP contribution in [0.15, 0.2) is 72.3 Å². The van der Waals surface area contributed by atoms with Gasteiger partial charge in [-0.3, -0.25) is 0 Å². The first-order valence-corrected chi connectivity index (χ1v) is 14.4. The molecule has 1 N–H and O–H groups in total. The molecule has 3 aromatic rings. The van der Waals surface area contributed by atoms with E-state index in [-0.39, 0.29) is 11.3 Å². The van der Waals surface area contributed by atoms with Crippen molar-refractivity contribution in [2.75, 3.05) is 7.11 Å². The molecular formula is C29H32O4Si. The number of hydrogen-bond acceptors (Lipinski definition) is 3. The van der Waals surface area contributed by atoms with E-state index in [9.17, 15) is 9.90 Å². The highest BCUT2D eigenvalue weighted by Gasteiger charge is 2.38.